The number of benzene rings is 4. The molecule has 0 spiro atoms. The zero-order valence-electron chi connectivity index (χ0n) is 21.0. The summed E-state index contributed by atoms with van der Waals surface area (Å²) in [4.78, 5) is 12.7. The van der Waals surface area contributed by atoms with Gasteiger partial charge in [0, 0.05) is 16.0 Å². The van der Waals surface area contributed by atoms with Gasteiger partial charge >= 0.3 is 29.6 Å². The van der Waals surface area contributed by atoms with Crippen molar-refractivity contribution in [2.24, 2.45) is 10.2 Å². The molecule has 4 aromatic rings. The van der Waals surface area contributed by atoms with Gasteiger partial charge in [-0.25, -0.2) is 0 Å². The number of hydrogen-bond acceptors (Lipinski definition) is 7. The zero-order valence-corrected chi connectivity index (χ0v) is 25.4. The minimum absolute atomic E-state index is 0. The summed E-state index contributed by atoms with van der Waals surface area (Å²) in [6, 6.07) is 15.3. The van der Waals surface area contributed by atoms with Crippen molar-refractivity contribution < 1.29 is 57.2 Å². The fraction of sp³-hybridized carbons (Fsp3) is 0.115. The predicted molar refractivity (Wildman–Crippen MR) is 144 cm³/mol. The van der Waals surface area contributed by atoms with Gasteiger partial charge in [0.05, 0.1) is 18.5 Å². The van der Waals surface area contributed by atoms with Crippen LogP contribution in [0.5, 0.6) is 11.5 Å². The van der Waals surface area contributed by atoms with E-state index in [1.165, 1.54) is 19.2 Å². The van der Waals surface area contributed by atoms with Gasteiger partial charge in [0.2, 0.25) is 0 Å². The summed E-state index contributed by atoms with van der Waals surface area (Å²) in [5.41, 5.74) is -0.106. The third-order valence-corrected chi connectivity index (χ3v) is 7.35. The van der Waals surface area contributed by atoms with Crippen molar-refractivity contribution in [1.82, 2.24) is 0 Å². The Bertz CT molecular complexity index is 1710. The molecule has 0 unspecified atom stereocenters. The molecule has 0 aliphatic heterocycles. The third kappa shape index (κ3) is 6.38. The zero-order chi connectivity index (χ0) is 27.6. The van der Waals surface area contributed by atoms with Crippen LogP contribution >= 0.6 is 23.2 Å². The molecule has 0 aromatic heterocycles. The van der Waals surface area contributed by atoms with Crippen LogP contribution in [-0.4, -0.2) is 26.0 Å². The molecule has 0 aliphatic rings. The van der Waals surface area contributed by atoms with Gasteiger partial charge in [-0.2, -0.15) is 13.5 Å². The normalized spacial score (nSPS) is 11.4. The van der Waals surface area contributed by atoms with Gasteiger partial charge in [0.25, 0.3) is 16.0 Å². The Morgan fingerprint density at radius 1 is 1.05 bits per heavy atom. The van der Waals surface area contributed by atoms with Gasteiger partial charge in [0.1, 0.15) is 21.4 Å². The monoisotopic (exact) mass is 595 g/mol. The van der Waals surface area contributed by atoms with Gasteiger partial charge < -0.3 is 15.2 Å². The Kier molecular flexibility index (Phi) is 10.0. The van der Waals surface area contributed by atoms with Gasteiger partial charge in [0.15, 0.2) is 0 Å². The quantitative estimate of drug-likeness (QED) is 0.189. The van der Waals surface area contributed by atoms with Crippen LogP contribution in [-0.2, 0) is 16.5 Å². The number of anilines is 1. The molecule has 0 fully saturated rings. The van der Waals surface area contributed by atoms with Crippen LogP contribution in [0.2, 0.25) is 10.0 Å². The molecule has 39 heavy (non-hydrogen) atoms. The molecule has 1 amide bonds. The number of carbonyl (C=O) groups excluding carboxylic acids is 1. The van der Waals surface area contributed by atoms with Gasteiger partial charge in [-0.05, 0) is 47.7 Å². The van der Waals surface area contributed by atoms with Crippen molar-refractivity contribution >= 4 is 67.1 Å². The maximum atomic E-state index is 13.5. The molecule has 4 aromatic carbocycles. The number of hydrogen-bond donors (Lipinski definition) is 2. The van der Waals surface area contributed by atoms with Crippen molar-refractivity contribution in [1.29, 1.82) is 0 Å². The van der Waals surface area contributed by atoms with E-state index in [2.05, 4.69) is 15.5 Å². The van der Waals surface area contributed by atoms with Crippen LogP contribution in [0.25, 0.3) is 10.8 Å². The van der Waals surface area contributed by atoms with Gasteiger partial charge in [-0.15, -0.1) is 5.11 Å². The Balaban J connectivity index is 0.00000420. The van der Waals surface area contributed by atoms with Crippen LogP contribution in [0.3, 0.4) is 0 Å². The average Bonchev–Trinajstić information content (AvgIpc) is 2.88. The number of carbonyl (C=O) groups is 1. The molecular formula is C26H20Cl2N3NaO6S. The maximum absolute atomic E-state index is 13.5. The molecule has 0 radical (unpaired) electrons. The summed E-state index contributed by atoms with van der Waals surface area (Å²) in [5.74, 6) is -1.16. The summed E-state index contributed by atoms with van der Waals surface area (Å²) in [6.45, 7) is 1.72. The van der Waals surface area contributed by atoms with E-state index in [1.807, 2.05) is 0 Å². The van der Waals surface area contributed by atoms with E-state index in [4.69, 9.17) is 27.9 Å². The predicted octanol–water partition coefficient (Wildman–Crippen LogP) is 3.71. The molecule has 9 nitrogen and oxygen atoms in total. The molecule has 0 saturated carbocycles. The minimum atomic E-state index is -4.68. The molecule has 0 saturated heterocycles. The van der Waals surface area contributed by atoms with E-state index >= 15 is 0 Å². The molecule has 13 heteroatoms. The topological polar surface area (TPSA) is 140 Å². The van der Waals surface area contributed by atoms with Crippen molar-refractivity contribution in [2.75, 3.05) is 12.4 Å². The number of azo groups is 1. The fourth-order valence-electron chi connectivity index (χ4n) is 3.88. The number of fused-ring (bicyclic) bond motifs is 1. The second kappa shape index (κ2) is 12.6. The molecule has 0 bridgehead atoms. The molecule has 0 atom stereocenters. The third-order valence-electron chi connectivity index (χ3n) is 5.72. The van der Waals surface area contributed by atoms with Gasteiger partial charge in [-0.1, -0.05) is 66.2 Å². The van der Waals surface area contributed by atoms with E-state index in [9.17, 15) is 22.9 Å². The van der Waals surface area contributed by atoms with E-state index in [0.717, 1.165) is 6.07 Å². The van der Waals surface area contributed by atoms with Crippen LogP contribution in [0.15, 0.2) is 75.8 Å². The standard InChI is InChI=1S/C26H21Cl2N3O6S.Na/c1-3-15-18(27)11-12-21(38(34,35)36)23(15)30-31-24-16-8-5-4-7-14(16)13-17(25(24)32)26(33)29-19-9-6-10-20(37-2)22(19)28;/h4-13,32H,3H2,1-2H3,(H,29,33)(H,34,35,36);/q;+1/p-1. The summed E-state index contributed by atoms with van der Waals surface area (Å²) in [6.07, 6.45) is 0.269. The maximum Gasteiger partial charge on any atom is 1.00 e. The SMILES string of the molecule is CCc1c(Cl)ccc(S(=O)(=O)O)c1N=Nc1c([O-])c(C(=O)Nc2cccc(OC)c2Cl)cc2ccccc12.[Na+]. The fourth-order valence-corrected chi connectivity index (χ4v) is 5.06. The summed E-state index contributed by atoms with van der Waals surface area (Å²) in [7, 11) is -3.25. The van der Waals surface area contributed by atoms with E-state index in [0.29, 0.717) is 22.1 Å². The first-order valence-corrected chi connectivity index (χ1v) is 13.3. The first-order valence-electron chi connectivity index (χ1n) is 11.1. The van der Waals surface area contributed by atoms with Crippen LogP contribution in [0, 0.1) is 0 Å². The summed E-state index contributed by atoms with van der Waals surface area (Å²) >= 11 is 12.5. The molecular weight excluding hydrogens is 576 g/mol. The molecule has 4 rings (SSSR count). The summed E-state index contributed by atoms with van der Waals surface area (Å²) in [5, 5.41) is 25.5. The molecule has 196 valence electrons. The van der Waals surface area contributed by atoms with Crippen molar-refractivity contribution in [2.45, 2.75) is 18.2 Å². The number of amides is 1. The Labute approximate surface area is 256 Å². The van der Waals surface area contributed by atoms with Crippen LogP contribution in [0.4, 0.5) is 17.1 Å². The first kappa shape index (κ1) is 30.8. The van der Waals surface area contributed by atoms with E-state index in [1.54, 1.807) is 49.4 Å². The van der Waals surface area contributed by atoms with Crippen LogP contribution < -0.4 is 44.7 Å². The molecule has 2 N–H and O–H groups in total. The number of halogens is 2. The van der Waals surface area contributed by atoms with Gasteiger partial charge in [-0.3, -0.25) is 9.35 Å². The smallest absolute Gasteiger partial charge is 0.870 e. The largest absolute Gasteiger partial charge is 1.00 e. The van der Waals surface area contributed by atoms with Crippen molar-refractivity contribution in [3.63, 3.8) is 0 Å². The molecule has 0 aliphatic carbocycles. The number of nitrogens with one attached hydrogen (secondary N) is 1. The average molecular weight is 596 g/mol. The second-order valence-electron chi connectivity index (χ2n) is 8.00. The van der Waals surface area contributed by atoms with Crippen molar-refractivity contribution in [3.05, 3.63) is 81.8 Å². The van der Waals surface area contributed by atoms with E-state index in [-0.39, 0.29) is 68.6 Å². The number of ether oxygens (including phenoxy) is 1. The van der Waals surface area contributed by atoms with E-state index < -0.39 is 26.7 Å². The number of rotatable bonds is 7. The Hall–Kier alpha value is -2.70. The Morgan fingerprint density at radius 2 is 1.74 bits per heavy atom. The minimum Gasteiger partial charge on any atom is -0.870 e. The second-order valence-corrected chi connectivity index (χ2v) is 10.2. The Morgan fingerprint density at radius 3 is 2.41 bits per heavy atom. The number of nitrogens with zero attached hydrogens (tertiary/aromatic N) is 2. The van der Waals surface area contributed by atoms with Crippen LogP contribution in [0.1, 0.15) is 22.8 Å². The number of methoxy groups -OCH3 is 1. The first-order chi connectivity index (χ1) is 18.1. The van der Waals surface area contributed by atoms with Crippen molar-refractivity contribution in [3.8, 4) is 11.5 Å². The molecule has 0 heterocycles. The summed E-state index contributed by atoms with van der Waals surface area (Å²) < 4.78 is 38.9.